The van der Waals surface area contributed by atoms with Gasteiger partial charge in [-0.2, -0.15) is 0 Å². The van der Waals surface area contributed by atoms with Crippen LogP contribution < -0.4 is 53.3 Å². The maximum Gasteiger partial charge on any atom is 0.255 e. The van der Waals surface area contributed by atoms with Crippen LogP contribution in [0, 0.1) is 0 Å². The molecule has 1 amide bonds. The number of hydrogen-bond acceptors (Lipinski definition) is 13. The number of allylic oxidation sites excluding steroid dienone is 1. The minimum absolute atomic E-state index is 0.205. The molecule has 1 aliphatic rings. The molecule has 0 spiro atoms. The number of amides is 1. The van der Waals surface area contributed by atoms with E-state index in [1.54, 1.807) is 92.2 Å². The van der Waals surface area contributed by atoms with Gasteiger partial charge in [-0.25, -0.2) is 0 Å². The van der Waals surface area contributed by atoms with Crippen molar-refractivity contribution in [1.29, 1.82) is 0 Å². The van der Waals surface area contributed by atoms with E-state index in [0.29, 0.717) is 111 Å². The summed E-state index contributed by atoms with van der Waals surface area (Å²) < 4.78 is 56.6. The van der Waals surface area contributed by atoms with Crippen LogP contribution in [0.2, 0.25) is 0 Å². The molecule has 1 aliphatic heterocycles. The maximum atomic E-state index is 12.8. The molecule has 2 heterocycles. The number of carbonyl (C=O) groups excluding carboxylic acids is 1. The fourth-order valence-electron chi connectivity index (χ4n) is 6.06. The minimum Gasteiger partial charge on any atom is -0.497 e. The van der Waals surface area contributed by atoms with Crippen molar-refractivity contribution in [2.24, 2.45) is 0 Å². The Labute approximate surface area is 318 Å². The molecule has 0 fully saturated rings. The van der Waals surface area contributed by atoms with Crippen molar-refractivity contribution in [3.05, 3.63) is 90.2 Å². The minimum atomic E-state index is -0.457. The molecule has 14 heteroatoms. The van der Waals surface area contributed by atoms with Gasteiger partial charge >= 0.3 is 0 Å². The van der Waals surface area contributed by atoms with Gasteiger partial charge in [-0.05, 0) is 66.6 Å². The lowest BCUT2D eigenvalue weighted by Gasteiger charge is -2.28. The van der Waals surface area contributed by atoms with Gasteiger partial charge in [0.2, 0.25) is 11.5 Å². The zero-order valence-corrected chi connectivity index (χ0v) is 31.7. The summed E-state index contributed by atoms with van der Waals surface area (Å²) in [4.78, 5) is 12.8. The first-order valence-electron chi connectivity index (χ1n) is 17.2. The Morgan fingerprint density at radius 1 is 0.691 bits per heavy atom. The van der Waals surface area contributed by atoms with Crippen molar-refractivity contribution in [2.75, 3.05) is 61.7 Å². The summed E-state index contributed by atoms with van der Waals surface area (Å²) in [6.45, 7) is 4.47. The number of benzene rings is 4. The van der Waals surface area contributed by atoms with Gasteiger partial charge in [0.1, 0.15) is 17.6 Å². The van der Waals surface area contributed by atoms with Gasteiger partial charge in [-0.3, -0.25) is 4.79 Å². The van der Waals surface area contributed by atoms with E-state index in [1.807, 2.05) is 24.3 Å². The summed E-state index contributed by atoms with van der Waals surface area (Å²) in [5, 5.41) is 10.6. The number of nitrogens with one attached hydrogen (secondary N) is 2. The quantitative estimate of drug-likeness (QED) is 0.0707. The second-order valence-electron chi connectivity index (χ2n) is 12.2. The van der Waals surface area contributed by atoms with E-state index in [4.69, 9.17) is 47.2 Å². The Morgan fingerprint density at radius 2 is 1.35 bits per heavy atom. The van der Waals surface area contributed by atoms with Crippen LogP contribution in [0.3, 0.4) is 0 Å². The molecule has 0 saturated heterocycles. The van der Waals surface area contributed by atoms with E-state index < -0.39 is 6.17 Å². The number of methoxy groups -OCH3 is 7. The molecule has 5 aromatic rings. The topological polar surface area (TPSA) is 150 Å². The van der Waals surface area contributed by atoms with Crippen molar-refractivity contribution < 1.29 is 51.9 Å². The van der Waals surface area contributed by atoms with E-state index >= 15 is 0 Å². The lowest BCUT2D eigenvalue weighted by Crippen LogP contribution is -2.38. The van der Waals surface area contributed by atoms with E-state index in [9.17, 15) is 4.79 Å². The number of carbonyl (C=O) groups is 1. The van der Waals surface area contributed by atoms with Crippen LogP contribution in [-0.4, -0.2) is 67.4 Å². The lowest BCUT2D eigenvalue weighted by atomic mass is 10.0. The highest BCUT2D eigenvalue weighted by Gasteiger charge is 2.26. The number of hydrogen-bond donors (Lipinski definition) is 2. The first-order valence-corrected chi connectivity index (χ1v) is 17.2. The van der Waals surface area contributed by atoms with Gasteiger partial charge in [-0.15, -0.1) is 0 Å². The monoisotopic (exact) mass is 753 g/mol. The molecule has 14 nitrogen and oxygen atoms in total. The summed E-state index contributed by atoms with van der Waals surface area (Å²) >= 11 is 0. The number of rotatable bonds is 17. The summed E-state index contributed by atoms with van der Waals surface area (Å²) in [6, 6.07) is 19.8. The van der Waals surface area contributed by atoms with Gasteiger partial charge in [0.25, 0.3) is 5.91 Å². The highest BCUT2D eigenvalue weighted by molar-refractivity contribution is 6.02. The SMILES string of the molecule is C=C(CCCOc1ccc(C2NC(=O)c3cc(OC)ccc3N2)cc1OC)Oc1c(OC)cc(-c2cc(-c3cc(OC)c(OC)c(OC)c3)on2)cc1OC. The molecular weight excluding hydrogens is 710 g/mol. The molecule has 0 bridgehead atoms. The Morgan fingerprint density at radius 3 is 1.98 bits per heavy atom. The van der Waals surface area contributed by atoms with Gasteiger partial charge in [0.15, 0.2) is 40.3 Å². The molecule has 0 aliphatic carbocycles. The third-order valence-electron chi connectivity index (χ3n) is 8.89. The van der Waals surface area contributed by atoms with Crippen molar-refractivity contribution in [3.63, 3.8) is 0 Å². The molecule has 2 N–H and O–H groups in total. The van der Waals surface area contributed by atoms with Crippen molar-refractivity contribution in [1.82, 2.24) is 10.5 Å². The standard InChI is InChI=1S/C41H43N3O11/c1-23(10-9-15-53-31-14-11-24(16-33(31)47-3)40-42-29-13-12-27(46-2)21-28(29)41(45)43-40)54-39-36(50-6)17-25(18-37(39)51-7)30-22-32(55-44-30)26-19-34(48-4)38(52-8)35(20-26)49-5/h11-14,16-22,40,42H,1,9-10,15H2,2-8H3,(H,43,45). The van der Waals surface area contributed by atoms with E-state index in [-0.39, 0.29) is 5.91 Å². The van der Waals surface area contributed by atoms with Gasteiger partial charge in [-0.1, -0.05) is 17.8 Å². The molecule has 0 saturated carbocycles. The number of fused-ring (bicyclic) bond motifs is 1. The third kappa shape index (κ3) is 8.12. The molecule has 6 rings (SSSR count). The van der Waals surface area contributed by atoms with Gasteiger partial charge in [0, 0.05) is 29.3 Å². The number of anilines is 1. The summed E-state index contributed by atoms with van der Waals surface area (Å²) in [6.07, 6.45) is 0.620. The predicted octanol–water partition coefficient (Wildman–Crippen LogP) is 7.67. The Kier molecular flexibility index (Phi) is 11.7. The summed E-state index contributed by atoms with van der Waals surface area (Å²) in [5.41, 5.74) is 3.92. The van der Waals surface area contributed by atoms with Crippen LogP contribution >= 0.6 is 0 Å². The normalized spacial score (nSPS) is 13.1. The smallest absolute Gasteiger partial charge is 0.255 e. The average Bonchev–Trinajstić information content (AvgIpc) is 3.72. The maximum absolute atomic E-state index is 12.8. The molecule has 1 unspecified atom stereocenters. The fourth-order valence-corrected chi connectivity index (χ4v) is 6.06. The molecule has 1 aromatic heterocycles. The van der Waals surface area contributed by atoms with E-state index in [0.717, 1.165) is 5.56 Å². The van der Waals surface area contributed by atoms with Crippen LogP contribution in [0.5, 0.6) is 51.7 Å². The molecule has 0 radical (unpaired) electrons. The second kappa shape index (κ2) is 17.0. The number of nitrogens with zero attached hydrogens (tertiary/aromatic N) is 1. The fraction of sp³-hybridized carbons (Fsp3) is 0.268. The van der Waals surface area contributed by atoms with E-state index in [2.05, 4.69) is 22.4 Å². The Balaban J connectivity index is 1.08. The second-order valence-corrected chi connectivity index (χ2v) is 12.2. The molecular formula is C41H43N3O11. The molecule has 55 heavy (non-hydrogen) atoms. The zero-order chi connectivity index (χ0) is 39.1. The van der Waals surface area contributed by atoms with Crippen LogP contribution in [0.15, 0.2) is 83.6 Å². The summed E-state index contributed by atoms with van der Waals surface area (Å²) in [7, 11) is 10.9. The highest BCUT2D eigenvalue weighted by atomic mass is 16.5. The number of ether oxygens (including phenoxy) is 9. The first-order chi connectivity index (χ1) is 26.7. The first kappa shape index (κ1) is 38.0. The van der Waals surface area contributed by atoms with Crippen molar-refractivity contribution in [3.8, 4) is 74.3 Å². The van der Waals surface area contributed by atoms with Crippen molar-refractivity contribution >= 4 is 11.6 Å². The van der Waals surface area contributed by atoms with Gasteiger partial charge in [0.05, 0.1) is 67.7 Å². The van der Waals surface area contributed by atoms with Crippen LogP contribution in [-0.2, 0) is 0 Å². The van der Waals surface area contributed by atoms with Gasteiger partial charge < -0.3 is 57.8 Å². The Bertz CT molecular complexity index is 2130. The molecule has 288 valence electrons. The van der Waals surface area contributed by atoms with Crippen LogP contribution in [0.25, 0.3) is 22.6 Å². The predicted molar refractivity (Wildman–Crippen MR) is 204 cm³/mol. The Hall–Kier alpha value is -6.70. The average molecular weight is 754 g/mol. The molecule has 1 atom stereocenters. The lowest BCUT2D eigenvalue weighted by molar-refractivity contribution is 0.0935. The van der Waals surface area contributed by atoms with Crippen LogP contribution in [0.4, 0.5) is 5.69 Å². The zero-order valence-electron chi connectivity index (χ0n) is 31.7. The highest BCUT2D eigenvalue weighted by Crippen LogP contribution is 2.45. The summed E-state index contributed by atoms with van der Waals surface area (Å²) in [5.74, 6) is 5.11. The third-order valence-corrected chi connectivity index (χ3v) is 8.89. The molecule has 4 aromatic carbocycles. The van der Waals surface area contributed by atoms with E-state index in [1.165, 1.54) is 0 Å². The van der Waals surface area contributed by atoms with Crippen LogP contribution in [0.1, 0.15) is 34.9 Å². The number of aromatic nitrogens is 1. The largest absolute Gasteiger partial charge is 0.497 e. The van der Waals surface area contributed by atoms with Crippen molar-refractivity contribution in [2.45, 2.75) is 19.0 Å².